The van der Waals surface area contributed by atoms with Crippen molar-refractivity contribution >= 4 is 23.6 Å². The predicted octanol–water partition coefficient (Wildman–Crippen LogP) is 5.17. The molecular formula is C22H32N5S+. The second kappa shape index (κ2) is 8.62. The number of para-hydroxylation sites is 2. The van der Waals surface area contributed by atoms with E-state index < -0.39 is 0 Å². The molecule has 2 aliphatic heterocycles. The van der Waals surface area contributed by atoms with Crippen LogP contribution in [0.15, 0.2) is 36.9 Å². The number of allylic oxidation sites excluding steroid dienone is 1. The lowest BCUT2D eigenvalue weighted by Crippen LogP contribution is -2.58. The van der Waals surface area contributed by atoms with Crippen molar-refractivity contribution in [2.24, 2.45) is 0 Å². The van der Waals surface area contributed by atoms with Gasteiger partial charge in [-0.2, -0.15) is 5.10 Å². The van der Waals surface area contributed by atoms with Crippen LogP contribution in [-0.2, 0) is 13.0 Å². The van der Waals surface area contributed by atoms with Crippen molar-refractivity contribution in [1.82, 2.24) is 19.2 Å². The average Bonchev–Trinajstić information content (AvgIpc) is 3.21. The van der Waals surface area contributed by atoms with Crippen molar-refractivity contribution in [1.29, 1.82) is 0 Å². The minimum Gasteiger partial charge on any atom is -0.331 e. The number of hydrogen-bond donors (Lipinski definition) is 2. The van der Waals surface area contributed by atoms with E-state index in [1.54, 1.807) is 0 Å². The predicted molar refractivity (Wildman–Crippen MR) is 119 cm³/mol. The Morgan fingerprint density at radius 1 is 1.11 bits per heavy atom. The van der Waals surface area contributed by atoms with Crippen LogP contribution < -0.4 is 9.80 Å². The zero-order valence-corrected chi connectivity index (χ0v) is 17.5. The molecule has 2 N–H and O–H groups in total. The minimum atomic E-state index is 0.297. The fourth-order valence-corrected chi connectivity index (χ4v) is 5.24. The Hall–Kier alpha value is -1.92. The molecule has 1 aromatic carbocycles. The molecule has 0 radical (unpaired) electrons. The van der Waals surface area contributed by atoms with Gasteiger partial charge in [-0.3, -0.25) is 9.58 Å². The third-order valence-corrected chi connectivity index (χ3v) is 6.75. The topological polar surface area (TPSA) is 45.6 Å². The lowest BCUT2D eigenvalue weighted by molar-refractivity contribution is 0.213. The largest absolute Gasteiger partial charge is 0.331 e. The van der Waals surface area contributed by atoms with E-state index in [9.17, 15) is 0 Å². The molecule has 5 nitrogen and oxygen atoms in total. The van der Waals surface area contributed by atoms with Crippen LogP contribution in [0.2, 0.25) is 0 Å². The van der Waals surface area contributed by atoms with Crippen LogP contribution in [0.3, 0.4) is 0 Å². The zero-order chi connectivity index (χ0) is 19.4. The molecule has 0 amide bonds. The van der Waals surface area contributed by atoms with E-state index in [1.165, 1.54) is 69.4 Å². The van der Waals surface area contributed by atoms with Gasteiger partial charge in [0.1, 0.15) is 11.5 Å². The summed E-state index contributed by atoms with van der Waals surface area (Å²) >= 11 is 5.44. The monoisotopic (exact) mass is 398 g/mol. The molecule has 28 heavy (non-hydrogen) atoms. The number of aromatic amines is 1. The van der Waals surface area contributed by atoms with Gasteiger partial charge in [0.05, 0.1) is 19.5 Å². The Balaban J connectivity index is 1.69. The second-order valence-electron chi connectivity index (χ2n) is 8.18. The SMILES string of the molecule is C=CCn1c(CC2Nc3ccccc3[N+]23CCCCCCCCC3)n[nH]c1=S. The third kappa shape index (κ3) is 3.67. The van der Waals surface area contributed by atoms with E-state index in [1.807, 2.05) is 6.08 Å². The molecule has 2 aromatic rings. The first-order valence-electron chi connectivity index (χ1n) is 10.7. The van der Waals surface area contributed by atoms with Gasteiger partial charge >= 0.3 is 0 Å². The summed E-state index contributed by atoms with van der Waals surface area (Å²) in [5.74, 6) is 1.02. The molecule has 1 atom stereocenters. The number of nitrogens with zero attached hydrogens (tertiary/aromatic N) is 3. The van der Waals surface area contributed by atoms with Crippen LogP contribution in [0.1, 0.15) is 50.8 Å². The standard InChI is InChI=1S/C22H31N5S/c1-2-14-26-20(24-25-22(26)28)17-21-23-18-12-8-9-13-19(18)27(21)15-10-6-4-3-5-7-11-16-27/h2,8-9,12-13,21,23H,1,3-7,10-11,14-17H2/p+1. The third-order valence-electron chi connectivity index (χ3n) is 6.44. The first-order chi connectivity index (χ1) is 13.7. The fourth-order valence-electron chi connectivity index (χ4n) is 5.01. The summed E-state index contributed by atoms with van der Waals surface area (Å²) in [7, 11) is 0. The summed E-state index contributed by atoms with van der Waals surface area (Å²) in [6.07, 6.45) is 12.4. The van der Waals surface area contributed by atoms with Crippen molar-refractivity contribution in [3.63, 3.8) is 0 Å². The maximum absolute atomic E-state index is 5.44. The van der Waals surface area contributed by atoms with Crippen LogP contribution in [0.4, 0.5) is 11.4 Å². The highest BCUT2D eigenvalue weighted by Gasteiger charge is 2.46. The lowest BCUT2D eigenvalue weighted by atomic mass is 10.0. The summed E-state index contributed by atoms with van der Waals surface area (Å²) in [5, 5.41) is 11.4. The smallest absolute Gasteiger partial charge is 0.195 e. The molecule has 0 saturated carbocycles. The van der Waals surface area contributed by atoms with Gasteiger partial charge in [-0.1, -0.05) is 37.5 Å². The van der Waals surface area contributed by atoms with Crippen LogP contribution in [0.25, 0.3) is 0 Å². The number of quaternary nitrogens is 1. The molecule has 4 rings (SSSR count). The van der Waals surface area contributed by atoms with Crippen molar-refractivity contribution in [3.05, 3.63) is 47.5 Å². The van der Waals surface area contributed by atoms with Crippen LogP contribution in [-0.4, -0.2) is 34.0 Å². The second-order valence-corrected chi connectivity index (χ2v) is 8.57. The quantitative estimate of drug-likeness (QED) is 0.424. The lowest BCUT2D eigenvalue weighted by Gasteiger charge is -2.40. The molecular weight excluding hydrogens is 366 g/mol. The normalized spacial score (nSPS) is 21.8. The Bertz CT molecular complexity index is 858. The van der Waals surface area contributed by atoms with E-state index >= 15 is 0 Å². The van der Waals surface area contributed by atoms with Crippen molar-refractivity contribution in [2.45, 2.75) is 64.1 Å². The Labute approximate surface area is 173 Å². The molecule has 1 saturated heterocycles. The van der Waals surface area contributed by atoms with Crippen molar-refractivity contribution < 1.29 is 0 Å². The molecule has 0 aliphatic carbocycles. The van der Waals surface area contributed by atoms with Crippen LogP contribution in [0, 0.1) is 4.77 Å². The van der Waals surface area contributed by atoms with E-state index in [-0.39, 0.29) is 0 Å². The highest BCUT2D eigenvalue weighted by molar-refractivity contribution is 7.71. The summed E-state index contributed by atoms with van der Waals surface area (Å²) < 4.78 is 3.78. The van der Waals surface area contributed by atoms with Gasteiger partial charge in [0.15, 0.2) is 16.6 Å². The van der Waals surface area contributed by atoms with Gasteiger partial charge < -0.3 is 9.88 Å². The number of benzene rings is 1. The first-order valence-corrected chi connectivity index (χ1v) is 11.1. The van der Waals surface area contributed by atoms with Gasteiger partial charge in [0.25, 0.3) is 0 Å². The summed E-state index contributed by atoms with van der Waals surface area (Å²) in [6.45, 7) is 6.97. The zero-order valence-electron chi connectivity index (χ0n) is 16.7. The van der Waals surface area contributed by atoms with Gasteiger partial charge in [-0.25, -0.2) is 0 Å². The maximum Gasteiger partial charge on any atom is 0.195 e. The van der Waals surface area contributed by atoms with Crippen LogP contribution >= 0.6 is 12.2 Å². The summed E-state index contributed by atoms with van der Waals surface area (Å²) in [6, 6.07) is 8.89. The van der Waals surface area contributed by atoms with Crippen molar-refractivity contribution in [3.8, 4) is 0 Å². The summed E-state index contributed by atoms with van der Waals surface area (Å²) in [4.78, 5) is 0. The van der Waals surface area contributed by atoms with Gasteiger partial charge in [-0.15, -0.1) is 6.58 Å². The van der Waals surface area contributed by atoms with Crippen LogP contribution in [0.5, 0.6) is 0 Å². The number of fused-ring (bicyclic) bond motifs is 2. The Morgan fingerprint density at radius 2 is 1.79 bits per heavy atom. The van der Waals surface area contributed by atoms with Gasteiger partial charge in [-0.05, 0) is 44.0 Å². The van der Waals surface area contributed by atoms with E-state index in [2.05, 4.69) is 50.9 Å². The Kier molecular flexibility index (Phi) is 5.97. The van der Waals surface area contributed by atoms with Gasteiger partial charge in [0.2, 0.25) is 0 Å². The molecule has 3 heterocycles. The molecule has 6 heteroatoms. The molecule has 1 unspecified atom stereocenters. The molecule has 2 aliphatic rings. The van der Waals surface area contributed by atoms with Gasteiger partial charge in [0, 0.05) is 12.6 Å². The molecule has 1 spiro atoms. The van der Waals surface area contributed by atoms with E-state index in [0.29, 0.717) is 17.5 Å². The minimum absolute atomic E-state index is 0.297. The summed E-state index contributed by atoms with van der Waals surface area (Å²) in [5.41, 5.74) is 2.74. The average molecular weight is 399 g/mol. The number of anilines is 1. The fraction of sp³-hybridized carbons (Fsp3) is 0.545. The highest BCUT2D eigenvalue weighted by Crippen LogP contribution is 2.42. The molecule has 1 aromatic heterocycles. The Morgan fingerprint density at radius 3 is 2.50 bits per heavy atom. The number of nitrogens with one attached hydrogen (secondary N) is 2. The molecule has 1 fully saturated rings. The number of hydrogen-bond acceptors (Lipinski definition) is 3. The highest BCUT2D eigenvalue weighted by atomic mass is 32.1. The van der Waals surface area contributed by atoms with Crippen molar-refractivity contribution in [2.75, 3.05) is 18.4 Å². The van der Waals surface area contributed by atoms with E-state index in [4.69, 9.17) is 12.2 Å². The number of H-pyrrole nitrogens is 1. The first kappa shape index (κ1) is 19.4. The van der Waals surface area contributed by atoms with E-state index in [0.717, 1.165) is 16.7 Å². The number of aromatic nitrogens is 3. The number of rotatable bonds is 4. The maximum atomic E-state index is 5.44. The molecule has 150 valence electrons. The molecule has 0 bridgehead atoms.